The van der Waals surface area contributed by atoms with Crippen molar-refractivity contribution in [3.63, 3.8) is 0 Å². The van der Waals surface area contributed by atoms with E-state index in [0.29, 0.717) is 19.1 Å². The van der Waals surface area contributed by atoms with Crippen molar-refractivity contribution in [3.05, 3.63) is 75.7 Å². The molecule has 0 saturated heterocycles. The zero-order valence-electron chi connectivity index (χ0n) is 20.9. The number of hydrogen-bond acceptors (Lipinski definition) is 6. The Balaban J connectivity index is 1.45. The predicted molar refractivity (Wildman–Crippen MR) is 137 cm³/mol. The normalized spacial score (nSPS) is 18.4. The van der Waals surface area contributed by atoms with Gasteiger partial charge in [0, 0.05) is 17.6 Å². The molecule has 3 aromatic heterocycles. The monoisotopic (exact) mass is 486 g/mol. The Bertz CT molecular complexity index is 1380. The lowest BCUT2D eigenvalue weighted by Gasteiger charge is -2.45. The van der Waals surface area contributed by atoms with E-state index in [9.17, 15) is 4.79 Å². The van der Waals surface area contributed by atoms with Crippen molar-refractivity contribution < 1.29 is 4.42 Å². The van der Waals surface area contributed by atoms with Crippen LogP contribution < -0.4 is 5.56 Å². The number of benzene rings is 1. The molecule has 0 aliphatic heterocycles. The van der Waals surface area contributed by atoms with Crippen LogP contribution >= 0.6 is 0 Å². The van der Waals surface area contributed by atoms with E-state index < -0.39 is 0 Å². The Kier molecular flexibility index (Phi) is 6.21. The summed E-state index contributed by atoms with van der Waals surface area (Å²) in [5.41, 5.74) is 2.39. The smallest absolute Gasteiger partial charge is 0.252 e. The van der Waals surface area contributed by atoms with Gasteiger partial charge in [-0.2, -0.15) is 0 Å². The largest absolute Gasteiger partial charge is 0.468 e. The van der Waals surface area contributed by atoms with E-state index in [0.717, 1.165) is 66.6 Å². The molecule has 2 fully saturated rings. The van der Waals surface area contributed by atoms with Gasteiger partial charge in [0.05, 0.1) is 24.4 Å². The van der Waals surface area contributed by atoms with Crippen molar-refractivity contribution in [1.82, 2.24) is 30.1 Å². The number of aryl methyl sites for hydroxylation is 1. The second-order valence-corrected chi connectivity index (χ2v) is 10.6. The molecular formula is C28H34N6O2. The van der Waals surface area contributed by atoms with E-state index in [1.54, 1.807) is 6.26 Å². The Labute approximate surface area is 210 Å². The molecule has 3 heterocycles. The first-order chi connectivity index (χ1) is 17.6. The van der Waals surface area contributed by atoms with E-state index in [2.05, 4.69) is 43.1 Å². The molecule has 0 bridgehead atoms. The van der Waals surface area contributed by atoms with Gasteiger partial charge in [-0.25, -0.2) is 4.68 Å². The lowest BCUT2D eigenvalue weighted by molar-refractivity contribution is 0.0133. The van der Waals surface area contributed by atoms with Gasteiger partial charge < -0.3 is 9.40 Å². The maximum Gasteiger partial charge on any atom is 0.252 e. The maximum absolute atomic E-state index is 13.3. The Morgan fingerprint density at radius 2 is 1.92 bits per heavy atom. The quantitative estimate of drug-likeness (QED) is 0.376. The van der Waals surface area contributed by atoms with Gasteiger partial charge >= 0.3 is 0 Å². The third kappa shape index (κ3) is 4.28. The molecule has 0 atom stereocenters. The van der Waals surface area contributed by atoms with Crippen LogP contribution in [0.15, 0.2) is 51.9 Å². The van der Waals surface area contributed by atoms with Gasteiger partial charge in [-0.15, -0.1) is 5.10 Å². The van der Waals surface area contributed by atoms with Crippen LogP contribution in [0.5, 0.6) is 0 Å². The van der Waals surface area contributed by atoms with Gasteiger partial charge in [0.25, 0.3) is 5.56 Å². The minimum atomic E-state index is -0.356. The van der Waals surface area contributed by atoms with Crippen molar-refractivity contribution in [1.29, 1.82) is 0 Å². The molecule has 1 aromatic carbocycles. The topological polar surface area (TPSA) is 92.8 Å². The first kappa shape index (κ1) is 23.2. The predicted octanol–water partition coefficient (Wildman–Crippen LogP) is 5.39. The average molecular weight is 487 g/mol. The highest BCUT2D eigenvalue weighted by Crippen LogP contribution is 2.44. The van der Waals surface area contributed by atoms with Gasteiger partial charge in [0.2, 0.25) is 0 Å². The van der Waals surface area contributed by atoms with Crippen molar-refractivity contribution in [3.8, 4) is 0 Å². The molecule has 2 aliphatic carbocycles. The Morgan fingerprint density at radius 1 is 1.08 bits per heavy atom. The second kappa shape index (κ2) is 9.65. The average Bonchev–Trinajstić information content (AvgIpc) is 3.67. The number of furan rings is 1. The number of aromatic nitrogens is 5. The fourth-order valence-electron chi connectivity index (χ4n) is 6.36. The zero-order valence-corrected chi connectivity index (χ0v) is 20.9. The molecule has 1 N–H and O–H groups in total. The summed E-state index contributed by atoms with van der Waals surface area (Å²) in [7, 11) is 0. The van der Waals surface area contributed by atoms with E-state index in [-0.39, 0.29) is 11.1 Å². The summed E-state index contributed by atoms with van der Waals surface area (Å²) in [6.07, 6.45) is 11.8. The van der Waals surface area contributed by atoms with Crippen LogP contribution in [-0.4, -0.2) is 30.1 Å². The number of aromatic amines is 1. The summed E-state index contributed by atoms with van der Waals surface area (Å²) in [6.45, 7) is 3.17. The summed E-state index contributed by atoms with van der Waals surface area (Å²) in [4.78, 5) is 18.8. The molecule has 0 amide bonds. The molecule has 188 valence electrons. The Morgan fingerprint density at radius 3 is 2.69 bits per heavy atom. The number of hydrogen-bond donors (Lipinski definition) is 1. The van der Waals surface area contributed by atoms with Crippen LogP contribution in [0.2, 0.25) is 0 Å². The highest BCUT2D eigenvalue weighted by Gasteiger charge is 2.45. The second-order valence-electron chi connectivity index (χ2n) is 10.6. The summed E-state index contributed by atoms with van der Waals surface area (Å²) in [6, 6.07) is 12.5. The van der Waals surface area contributed by atoms with Gasteiger partial charge in [0.15, 0.2) is 5.82 Å². The van der Waals surface area contributed by atoms with Crippen LogP contribution in [-0.2, 0) is 18.6 Å². The van der Waals surface area contributed by atoms with Crippen LogP contribution in [0.1, 0.15) is 86.5 Å². The van der Waals surface area contributed by atoms with E-state index in [1.165, 1.54) is 24.8 Å². The third-order valence-electron chi connectivity index (χ3n) is 8.23. The van der Waals surface area contributed by atoms with Crippen molar-refractivity contribution in [2.45, 2.75) is 89.4 Å². The maximum atomic E-state index is 13.3. The lowest BCUT2D eigenvalue weighted by atomic mass is 9.78. The SMILES string of the molecule is Cc1ccc2[nH]c(=O)c(CN(Cc3ccco3)C3(c4nnnn4C4CCCC4)CCCCC3)cc2c1. The molecule has 8 nitrogen and oxygen atoms in total. The lowest BCUT2D eigenvalue weighted by Crippen LogP contribution is -2.49. The number of pyridine rings is 1. The first-order valence-electron chi connectivity index (χ1n) is 13.3. The summed E-state index contributed by atoms with van der Waals surface area (Å²) >= 11 is 0. The van der Waals surface area contributed by atoms with Crippen LogP contribution in [0.4, 0.5) is 0 Å². The van der Waals surface area contributed by atoms with Gasteiger partial charge in [-0.3, -0.25) is 9.69 Å². The van der Waals surface area contributed by atoms with Gasteiger partial charge in [-0.05, 0) is 78.8 Å². The number of rotatable bonds is 7. The molecule has 2 saturated carbocycles. The highest BCUT2D eigenvalue weighted by molar-refractivity contribution is 5.79. The number of nitrogens with one attached hydrogen (secondary N) is 1. The van der Waals surface area contributed by atoms with E-state index >= 15 is 0 Å². The standard InChI is InChI=1S/C28H34N6O2/c1-20-11-12-25-21(16-20)17-22(26(35)29-25)18-33(19-24-10-7-15-36-24)28(13-5-2-6-14-28)27-30-31-32-34(27)23-8-3-4-9-23/h7,10-12,15-17,23H,2-6,8-9,13-14,18-19H2,1H3,(H,29,35). The van der Waals surface area contributed by atoms with Gasteiger partial charge in [0.1, 0.15) is 5.76 Å². The summed E-state index contributed by atoms with van der Waals surface area (Å²) in [5, 5.41) is 14.4. The molecule has 8 heteroatoms. The van der Waals surface area contributed by atoms with E-state index in [4.69, 9.17) is 4.42 Å². The van der Waals surface area contributed by atoms with Crippen LogP contribution in [0.3, 0.4) is 0 Å². The van der Waals surface area contributed by atoms with Crippen LogP contribution in [0.25, 0.3) is 10.9 Å². The molecule has 6 rings (SSSR count). The molecule has 4 aromatic rings. The molecule has 0 spiro atoms. The van der Waals surface area contributed by atoms with Gasteiger partial charge in [-0.1, -0.05) is 43.7 Å². The van der Waals surface area contributed by atoms with Crippen molar-refractivity contribution in [2.75, 3.05) is 0 Å². The summed E-state index contributed by atoms with van der Waals surface area (Å²) in [5.74, 6) is 1.83. The summed E-state index contributed by atoms with van der Waals surface area (Å²) < 4.78 is 7.93. The molecule has 36 heavy (non-hydrogen) atoms. The van der Waals surface area contributed by atoms with Crippen molar-refractivity contribution >= 4 is 10.9 Å². The Hall–Kier alpha value is -3.26. The van der Waals surface area contributed by atoms with Crippen LogP contribution in [0, 0.1) is 6.92 Å². The fraction of sp³-hybridized carbons (Fsp3) is 0.500. The minimum absolute atomic E-state index is 0.0443. The molecular weight excluding hydrogens is 452 g/mol. The minimum Gasteiger partial charge on any atom is -0.468 e. The van der Waals surface area contributed by atoms with Crippen molar-refractivity contribution in [2.24, 2.45) is 0 Å². The fourth-order valence-corrected chi connectivity index (χ4v) is 6.36. The number of nitrogens with zero attached hydrogens (tertiary/aromatic N) is 5. The molecule has 0 radical (unpaired) electrons. The number of tetrazole rings is 1. The van der Waals surface area contributed by atoms with E-state index in [1.807, 2.05) is 30.3 Å². The third-order valence-corrected chi connectivity index (χ3v) is 8.23. The number of H-pyrrole nitrogens is 1. The zero-order chi connectivity index (χ0) is 24.5. The number of fused-ring (bicyclic) bond motifs is 1. The first-order valence-corrected chi connectivity index (χ1v) is 13.3. The molecule has 0 unspecified atom stereocenters. The molecule has 2 aliphatic rings. The highest BCUT2D eigenvalue weighted by atomic mass is 16.3.